The molecule has 1 aromatic rings. The predicted octanol–water partition coefficient (Wildman–Crippen LogP) is 1.07. The molecular formula is C14H20N2O2. The van der Waals surface area contributed by atoms with E-state index in [-0.39, 0.29) is 12.5 Å². The molecule has 1 atom stereocenters. The van der Waals surface area contributed by atoms with Crippen molar-refractivity contribution in [3.05, 3.63) is 34.9 Å². The van der Waals surface area contributed by atoms with Gasteiger partial charge in [0.25, 0.3) is 0 Å². The van der Waals surface area contributed by atoms with E-state index in [4.69, 9.17) is 10.8 Å². The zero-order chi connectivity index (χ0) is 13.0. The normalized spacial score (nSPS) is 15.4. The van der Waals surface area contributed by atoms with Gasteiger partial charge in [0.15, 0.2) is 0 Å². The van der Waals surface area contributed by atoms with Gasteiger partial charge in [0.1, 0.15) is 0 Å². The van der Waals surface area contributed by atoms with Crippen molar-refractivity contribution >= 4 is 5.97 Å². The van der Waals surface area contributed by atoms with Gasteiger partial charge in [-0.25, -0.2) is 0 Å². The van der Waals surface area contributed by atoms with E-state index in [2.05, 4.69) is 23.5 Å². The molecule has 0 aromatic heterocycles. The summed E-state index contributed by atoms with van der Waals surface area (Å²) in [7, 11) is 0. The number of rotatable bonds is 6. The molecule has 0 spiro atoms. The van der Waals surface area contributed by atoms with Gasteiger partial charge in [-0.05, 0) is 36.0 Å². The summed E-state index contributed by atoms with van der Waals surface area (Å²) in [6.45, 7) is 1.28. The lowest BCUT2D eigenvalue weighted by atomic mass is 10.1. The van der Waals surface area contributed by atoms with Crippen LogP contribution in [0.2, 0.25) is 0 Å². The Hall–Kier alpha value is -1.39. The maximum Gasteiger partial charge on any atom is 0.304 e. The molecule has 4 heteroatoms. The number of hydrogen-bond acceptors (Lipinski definition) is 3. The topological polar surface area (TPSA) is 75.3 Å². The maximum atomic E-state index is 10.5. The van der Waals surface area contributed by atoms with Gasteiger partial charge in [0, 0.05) is 19.1 Å². The minimum atomic E-state index is -0.846. The van der Waals surface area contributed by atoms with Crippen molar-refractivity contribution in [3.8, 4) is 0 Å². The number of carboxylic acids is 1. The van der Waals surface area contributed by atoms with Gasteiger partial charge in [-0.1, -0.05) is 18.2 Å². The Morgan fingerprint density at radius 3 is 2.94 bits per heavy atom. The Morgan fingerprint density at radius 2 is 2.17 bits per heavy atom. The summed E-state index contributed by atoms with van der Waals surface area (Å²) in [5, 5.41) is 11.8. The lowest BCUT2D eigenvalue weighted by Gasteiger charge is -2.11. The lowest BCUT2D eigenvalue weighted by molar-refractivity contribution is -0.137. The summed E-state index contributed by atoms with van der Waals surface area (Å²) in [5.41, 5.74) is 9.87. The Kier molecular flexibility index (Phi) is 4.33. The molecule has 98 valence electrons. The lowest BCUT2D eigenvalue weighted by Crippen LogP contribution is -2.35. The molecule has 0 heterocycles. The standard InChI is InChI=1S/C14H20N2O2/c15-13(7-14(17)18)9-16-8-10-4-5-11-2-1-3-12(11)6-10/h4-6,13,16H,1-3,7-9,15H2,(H,17,18). The fourth-order valence-electron chi connectivity index (χ4n) is 2.43. The maximum absolute atomic E-state index is 10.5. The van der Waals surface area contributed by atoms with Gasteiger partial charge in [0.05, 0.1) is 6.42 Å². The fourth-order valence-corrected chi connectivity index (χ4v) is 2.43. The molecule has 4 N–H and O–H groups in total. The molecular weight excluding hydrogens is 228 g/mol. The Morgan fingerprint density at radius 1 is 1.39 bits per heavy atom. The Labute approximate surface area is 107 Å². The Balaban J connectivity index is 1.78. The molecule has 0 saturated carbocycles. The van der Waals surface area contributed by atoms with E-state index in [0.29, 0.717) is 6.54 Å². The molecule has 2 rings (SSSR count). The average Bonchev–Trinajstić information content (AvgIpc) is 2.75. The van der Waals surface area contributed by atoms with Crippen LogP contribution in [0.5, 0.6) is 0 Å². The van der Waals surface area contributed by atoms with Crippen LogP contribution in [0, 0.1) is 0 Å². The van der Waals surface area contributed by atoms with Crippen molar-refractivity contribution in [2.75, 3.05) is 6.54 Å². The molecule has 0 bridgehead atoms. The van der Waals surface area contributed by atoms with Crippen LogP contribution in [-0.4, -0.2) is 23.7 Å². The first kappa shape index (κ1) is 13.1. The van der Waals surface area contributed by atoms with Crippen LogP contribution in [0.4, 0.5) is 0 Å². The second-order valence-corrected chi connectivity index (χ2v) is 4.95. The predicted molar refractivity (Wildman–Crippen MR) is 70.4 cm³/mol. The van der Waals surface area contributed by atoms with E-state index >= 15 is 0 Å². The minimum Gasteiger partial charge on any atom is -0.481 e. The zero-order valence-electron chi connectivity index (χ0n) is 10.5. The highest BCUT2D eigenvalue weighted by Crippen LogP contribution is 2.22. The van der Waals surface area contributed by atoms with E-state index in [9.17, 15) is 4.79 Å². The van der Waals surface area contributed by atoms with E-state index in [1.807, 2.05) is 0 Å². The summed E-state index contributed by atoms with van der Waals surface area (Å²) in [6, 6.07) is 6.27. The van der Waals surface area contributed by atoms with Crippen molar-refractivity contribution in [2.45, 2.75) is 38.3 Å². The highest BCUT2D eigenvalue weighted by atomic mass is 16.4. The van der Waals surface area contributed by atoms with Crippen LogP contribution in [0.25, 0.3) is 0 Å². The van der Waals surface area contributed by atoms with Gasteiger partial charge < -0.3 is 16.2 Å². The second-order valence-electron chi connectivity index (χ2n) is 4.95. The molecule has 4 nitrogen and oxygen atoms in total. The number of benzene rings is 1. The molecule has 0 saturated heterocycles. The van der Waals surface area contributed by atoms with E-state index < -0.39 is 5.97 Å². The number of aryl methyl sites for hydroxylation is 2. The van der Waals surface area contributed by atoms with E-state index in [1.54, 1.807) is 0 Å². The minimum absolute atomic E-state index is 0.0111. The van der Waals surface area contributed by atoms with Crippen LogP contribution in [0.3, 0.4) is 0 Å². The zero-order valence-corrected chi connectivity index (χ0v) is 10.5. The van der Waals surface area contributed by atoms with Crippen molar-refractivity contribution in [2.24, 2.45) is 5.73 Å². The van der Waals surface area contributed by atoms with E-state index in [1.165, 1.54) is 36.0 Å². The molecule has 1 aliphatic carbocycles. The van der Waals surface area contributed by atoms with Crippen LogP contribution in [-0.2, 0) is 24.2 Å². The molecule has 18 heavy (non-hydrogen) atoms. The smallest absolute Gasteiger partial charge is 0.304 e. The van der Waals surface area contributed by atoms with Crippen molar-refractivity contribution in [1.82, 2.24) is 5.32 Å². The van der Waals surface area contributed by atoms with Crippen LogP contribution < -0.4 is 11.1 Å². The SMILES string of the molecule is NC(CNCc1ccc2c(c1)CCC2)CC(=O)O. The molecule has 0 radical (unpaired) electrons. The summed E-state index contributed by atoms with van der Waals surface area (Å²) >= 11 is 0. The van der Waals surface area contributed by atoms with Crippen LogP contribution in [0.15, 0.2) is 18.2 Å². The van der Waals surface area contributed by atoms with Crippen molar-refractivity contribution in [3.63, 3.8) is 0 Å². The third-order valence-corrected chi connectivity index (χ3v) is 3.34. The third-order valence-electron chi connectivity index (χ3n) is 3.34. The number of carbonyl (C=O) groups is 1. The van der Waals surface area contributed by atoms with Crippen LogP contribution >= 0.6 is 0 Å². The van der Waals surface area contributed by atoms with Gasteiger partial charge in [0.2, 0.25) is 0 Å². The summed E-state index contributed by atoms with van der Waals surface area (Å²) in [4.78, 5) is 10.5. The third kappa shape index (κ3) is 3.55. The Bertz CT molecular complexity index is 432. The second kappa shape index (κ2) is 5.98. The number of aliphatic carboxylic acids is 1. The molecule has 0 amide bonds. The molecule has 1 aliphatic rings. The fraction of sp³-hybridized carbons (Fsp3) is 0.500. The molecule has 0 aliphatic heterocycles. The van der Waals surface area contributed by atoms with Gasteiger partial charge in [-0.3, -0.25) is 4.79 Å². The average molecular weight is 248 g/mol. The van der Waals surface area contributed by atoms with Gasteiger partial charge in [-0.15, -0.1) is 0 Å². The first-order chi connectivity index (χ1) is 8.65. The quantitative estimate of drug-likeness (QED) is 0.704. The molecule has 0 fully saturated rings. The molecule has 1 aromatic carbocycles. The number of fused-ring (bicyclic) bond motifs is 1. The van der Waals surface area contributed by atoms with Crippen molar-refractivity contribution < 1.29 is 9.90 Å². The first-order valence-electron chi connectivity index (χ1n) is 6.44. The van der Waals surface area contributed by atoms with Crippen LogP contribution in [0.1, 0.15) is 29.5 Å². The molecule has 1 unspecified atom stereocenters. The first-order valence-corrected chi connectivity index (χ1v) is 6.44. The largest absolute Gasteiger partial charge is 0.481 e. The van der Waals surface area contributed by atoms with Crippen molar-refractivity contribution in [1.29, 1.82) is 0 Å². The van der Waals surface area contributed by atoms with Gasteiger partial charge >= 0.3 is 5.97 Å². The summed E-state index contributed by atoms with van der Waals surface area (Å²) in [5.74, 6) is -0.846. The summed E-state index contributed by atoms with van der Waals surface area (Å²) < 4.78 is 0. The van der Waals surface area contributed by atoms with Gasteiger partial charge in [-0.2, -0.15) is 0 Å². The monoisotopic (exact) mass is 248 g/mol. The number of nitrogens with two attached hydrogens (primary N) is 1. The van der Waals surface area contributed by atoms with E-state index in [0.717, 1.165) is 6.54 Å². The number of hydrogen-bond donors (Lipinski definition) is 3. The summed E-state index contributed by atoms with van der Waals surface area (Å²) in [6.07, 6.45) is 3.65. The number of nitrogens with one attached hydrogen (secondary N) is 1. The highest BCUT2D eigenvalue weighted by Gasteiger charge is 2.11. The highest BCUT2D eigenvalue weighted by molar-refractivity contribution is 5.67. The number of carboxylic acid groups (broad SMARTS) is 1.